The van der Waals surface area contributed by atoms with Crippen molar-refractivity contribution in [2.75, 3.05) is 12.4 Å². The summed E-state index contributed by atoms with van der Waals surface area (Å²) in [6.45, 7) is 0. The van der Waals surface area contributed by atoms with Crippen molar-refractivity contribution >= 4 is 28.6 Å². The molecule has 3 aromatic rings. The minimum atomic E-state index is -0.210. The molecule has 0 saturated heterocycles. The van der Waals surface area contributed by atoms with Crippen LogP contribution in [0.1, 0.15) is 5.56 Å². The number of hydrogen-bond donors (Lipinski definition) is 1. The van der Waals surface area contributed by atoms with Crippen LogP contribution in [-0.2, 0) is 11.8 Å². The van der Waals surface area contributed by atoms with Crippen LogP contribution in [0.4, 0.5) is 5.82 Å². The molecular weight excluding hydrogens is 290 g/mol. The molecule has 116 valence electrons. The van der Waals surface area contributed by atoms with E-state index in [2.05, 4.69) is 10.4 Å². The Kier molecular flexibility index (Phi) is 4.10. The third kappa shape index (κ3) is 3.58. The van der Waals surface area contributed by atoms with Crippen LogP contribution in [0.3, 0.4) is 0 Å². The molecule has 0 spiro atoms. The molecule has 1 amide bonds. The summed E-state index contributed by atoms with van der Waals surface area (Å²) in [7, 11) is 3.45. The van der Waals surface area contributed by atoms with Crippen LogP contribution in [0, 0.1) is 0 Å². The predicted molar refractivity (Wildman–Crippen MR) is 91.4 cm³/mol. The highest BCUT2D eigenvalue weighted by atomic mass is 16.5. The minimum absolute atomic E-state index is 0.210. The predicted octanol–water partition coefficient (Wildman–Crippen LogP) is 3.23. The standard InChI is InChI=1S/C18H17N3O2/c1-21-10-9-17(20-21)19-18(22)8-4-13-3-5-15-12-16(23-2)7-6-14(15)11-13/h3-12H,1-2H3,(H,19,20,22)/b8-4+. The van der Waals surface area contributed by atoms with Gasteiger partial charge >= 0.3 is 0 Å². The Balaban J connectivity index is 1.74. The molecule has 5 heteroatoms. The number of amides is 1. The van der Waals surface area contributed by atoms with Crippen molar-refractivity contribution in [2.24, 2.45) is 7.05 Å². The molecule has 2 aromatic carbocycles. The zero-order chi connectivity index (χ0) is 16.2. The average Bonchev–Trinajstić information content (AvgIpc) is 2.97. The molecular formula is C18H17N3O2. The van der Waals surface area contributed by atoms with E-state index in [4.69, 9.17) is 4.74 Å². The Labute approximate surface area is 134 Å². The fourth-order valence-electron chi connectivity index (χ4n) is 2.29. The monoisotopic (exact) mass is 307 g/mol. The maximum atomic E-state index is 11.9. The molecule has 0 bridgehead atoms. The average molecular weight is 307 g/mol. The third-order valence-electron chi connectivity index (χ3n) is 3.46. The van der Waals surface area contributed by atoms with Crippen LogP contribution < -0.4 is 10.1 Å². The lowest BCUT2D eigenvalue weighted by Crippen LogP contribution is -2.08. The Hall–Kier alpha value is -3.08. The Morgan fingerprint density at radius 1 is 1.17 bits per heavy atom. The summed E-state index contributed by atoms with van der Waals surface area (Å²) in [5, 5.41) is 9.01. The van der Waals surface area contributed by atoms with Gasteiger partial charge < -0.3 is 10.1 Å². The lowest BCUT2D eigenvalue weighted by Gasteiger charge is -2.03. The summed E-state index contributed by atoms with van der Waals surface area (Å²) < 4.78 is 6.85. The van der Waals surface area contributed by atoms with Crippen molar-refractivity contribution in [3.63, 3.8) is 0 Å². The first-order chi connectivity index (χ1) is 11.1. The molecule has 0 aliphatic heterocycles. The van der Waals surface area contributed by atoms with Crippen molar-refractivity contribution in [1.82, 2.24) is 9.78 Å². The highest BCUT2D eigenvalue weighted by Crippen LogP contribution is 2.22. The van der Waals surface area contributed by atoms with E-state index in [1.807, 2.05) is 36.4 Å². The first-order valence-electron chi connectivity index (χ1n) is 7.20. The van der Waals surface area contributed by atoms with Gasteiger partial charge in [0.25, 0.3) is 0 Å². The van der Waals surface area contributed by atoms with Crippen LogP contribution in [0.2, 0.25) is 0 Å². The van der Waals surface area contributed by atoms with E-state index in [0.717, 1.165) is 22.1 Å². The number of nitrogens with one attached hydrogen (secondary N) is 1. The molecule has 0 saturated carbocycles. The van der Waals surface area contributed by atoms with Crippen molar-refractivity contribution in [2.45, 2.75) is 0 Å². The zero-order valence-corrected chi connectivity index (χ0v) is 13.0. The summed E-state index contributed by atoms with van der Waals surface area (Å²) in [6, 6.07) is 13.6. The van der Waals surface area contributed by atoms with Crippen molar-refractivity contribution in [3.8, 4) is 5.75 Å². The van der Waals surface area contributed by atoms with E-state index in [1.54, 1.807) is 37.2 Å². The second-order valence-electron chi connectivity index (χ2n) is 5.17. The number of fused-ring (bicyclic) bond motifs is 1. The van der Waals surface area contributed by atoms with Crippen LogP contribution in [0.15, 0.2) is 54.7 Å². The highest BCUT2D eigenvalue weighted by Gasteiger charge is 2.01. The summed E-state index contributed by atoms with van der Waals surface area (Å²) in [5.74, 6) is 1.15. The first-order valence-corrected chi connectivity index (χ1v) is 7.20. The number of anilines is 1. The van der Waals surface area contributed by atoms with Gasteiger partial charge in [-0.1, -0.05) is 18.2 Å². The molecule has 1 N–H and O–H groups in total. The molecule has 23 heavy (non-hydrogen) atoms. The number of carbonyl (C=O) groups is 1. The SMILES string of the molecule is COc1ccc2cc(/C=C/C(=O)Nc3ccn(C)n3)ccc2c1. The van der Waals surface area contributed by atoms with E-state index in [9.17, 15) is 4.79 Å². The van der Waals surface area contributed by atoms with Gasteiger partial charge in [-0.25, -0.2) is 0 Å². The summed E-state index contributed by atoms with van der Waals surface area (Å²) in [4.78, 5) is 11.9. The second kappa shape index (κ2) is 6.36. The highest BCUT2D eigenvalue weighted by molar-refractivity contribution is 6.01. The molecule has 0 atom stereocenters. The van der Waals surface area contributed by atoms with Gasteiger partial charge in [0.1, 0.15) is 5.75 Å². The fraction of sp³-hybridized carbons (Fsp3) is 0.111. The summed E-state index contributed by atoms with van der Waals surface area (Å²) in [5.41, 5.74) is 0.957. The number of hydrogen-bond acceptors (Lipinski definition) is 3. The lowest BCUT2D eigenvalue weighted by atomic mass is 10.1. The first kappa shape index (κ1) is 14.8. The van der Waals surface area contributed by atoms with Crippen LogP contribution in [0.25, 0.3) is 16.8 Å². The number of benzene rings is 2. The lowest BCUT2D eigenvalue weighted by molar-refractivity contribution is -0.111. The van der Waals surface area contributed by atoms with Gasteiger partial charge in [-0.15, -0.1) is 0 Å². The largest absolute Gasteiger partial charge is 0.497 e. The van der Waals surface area contributed by atoms with Crippen LogP contribution >= 0.6 is 0 Å². The minimum Gasteiger partial charge on any atom is -0.497 e. The number of methoxy groups -OCH3 is 1. The van der Waals surface area contributed by atoms with Gasteiger partial charge in [0.2, 0.25) is 5.91 Å². The number of aromatic nitrogens is 2. The molecule has 1 aromatic heterocycles. The molecule has 0 radical (unpaired) electrons. The topological polar surface area (TPSA) is 56.1 Å². The number of nitrogens with zero attached hydrogens (tertiary/aromatic N) is 2. The number of aryl methyl sites for hydroxylation is 1. The van der Waals surface area contributed by atoms with Gasteiger partial charge in [0, 0.05) is 25.4 Å². The van der Waals surface area contributed by atoms with Gasteiger partial charge in [-0.3, -0.25) is 9.48 Å². The molecule has 1 heterocycles. The van der Waals surface area contributed by atoms with E-state index in [-0.39, 0.29) is 5.91 Å². The molecule has 3 rings (SSSR count). The normalized spacial score (nSPS) is 11.0. The number of rotatable bonds is 4. The van der Waals surface area contributed by atoms with Crippen molar-refractivity contribution in [1.29, 1.82) is 0 Å². The number of ether oxygens (including phenoxy) is 1. The van der Waals surface area contributed by atoms with Crippen LogP contribution in [-0.4, -0.2) is 22.8 Å². The summed E-state index contributed by atoms with van der Waals surface area (Å²) in [6.07, 6.45) is 5.05. The molecule has 0 aliphatic carbocycles. The maximum Gasteiger partial charge on any atom is 0.249 e. The van der Waals surface area contributed by atoms with E-state index in [0.29, 0.717) is 5.82 Å². The van der Waals surface area contributed by atoms with Crippen molar-refractivity contribution < 1.29 is 9.53 Å². The fourth-order valence-corrected chi connectivity index (χ4v) is 2.29. The second-order valence-corrected chi connectivity index (χ2v) is 5.17. The Morgan fingerprint density at radius 2 is 1.96 bits per heavy atom. The van der Waals surface area contributed by atoms with Gasteiger partial charge in [0.05, 0.1) is 7.11 Å². The number of carbonyl (C=O) groups excluding carboxylic acids is 1. The van der Waals surface area contributed by atoms with Gasteiger partial charge in [0.15, 0.2) is 5.82 Å². The van der Waals surface area contributed by atoms with Gasteiger partial charge in [-0.05, 0) is 40.6 Å². The van der Waals surface area contributed by atoms with Crippen LogP contribution in [0.5, 0.6) is 5.75 Å². The molecule has 0 aliphatic rings. The Bertz CT molecular complexity index is 881. The Morgan fingerprint density at radius 3 is 2.70 bits per heavy atom. The molecule has 0 unspecified atom stereocenters. The quantitative estimate of drug-likeness (QED) is 0.753. The summed E-state index contributed by atoms with van der Waals surface area (Å²) >= 11 is 0. The van der Waals surface area contributed by atoms with E-state index in [1.165, 1.54) is 6.08 Å². The maximum absolute atomic E-state index is 11.9. The van der Waals surface area contributed by atoms with E-state index >= 15 is 0 Å². The van der Waals surface area contributed by atoms with Crippen molar-refractivity contribution in [3.05, 3.63) is 60.3 Å². The molecule has 0 fully saturated rings. The van der Waals surface area contributed by atoms with E-state index < -0.39 is 0 Å². The zero-order valence-electron chi connectivity index (χ0n) is 13.0. The molecule has 5 nitrogen and oxygen atoms in total. The third-order valence-corrected chi connectivity index (χ3v) is 3.46. The smallest absolute Gasteiger partial charge is 0.249 e. The van der Waals surface area contributed by atoms with Gasteiger partial charge in [-0.2, -0.15) is 5.10 Å².